The van der Waals surface area contributed by atoms with Crippen LogP contribution in [0.4, 0.5) is 0 Å². The van der Waals surface area contributed by atoms with E-state index in [1.54, 1.807) is 0 Å². The first-order valence-electron chi connectivity index (χ1n) is 21.5. The molecule has 11 heteroatoms. The second-order valence-corrected chi connectivity index (χ2v) is 15.4. The molecule has 0 radical (unpaired) electrons. The van der Waals surface area contributed by atoms with Gasteiger partial charge in [-0.2, -0.15) is 0 Å². The van der Waals surface area contributed by atoms with Crippen LogP contribution in [0.25, 0.3) is 0 Å². The molecular weight excluding hydrogens is 743 g/mol. The van der Waals surface area contributed by atoms with Crippen molar-refractivity contribution in [1.29, 1.82) is 0 Å². The van der Waals surface area contributed by atoms with Crippen molar-refractivity contribution in [1.82, 2.24) is 0 Å². The van der Waals surface area contributed by atoms with Crippen LogP contribution in [-0.2, 0) is 32.7 Å². The van der Waals surface area contributed by atoms with E-state index in [4.69, 9.17) is 19.1 Å². The van der Waals surface area contributed by atoms with Gasteiger partial charge in [0.1, 0.15) is 12.7 Å². The van der Waals surface area contributed by atoms with Crippen molar-refractivity contribution in [2.75, 3.05) is 26.4 Å². The van der Waals surface area contributed by atoms with Gasteiger partial charge >= 0.3 is 19.8 Å². The molecule has 3 unspecified atom stereocenters. The van der Waals surface area contributed by atoms with E-state index in [0.717, 1.165) is 64.2 Å². The van der Waals surface area contributed by atoms with Gasteiger partial charge < -0.3 is 24.6 Å². The number of phosphoric ester groups is 1. The number of unbranched alkanes of at least 4 members (excludes halogenated alkanes) is 11. The molecule has 0 spiro atoms. The molecule has 0 aliphatic rings. The van der Waals surface area contributed by atoms with Crippen molar-refractivity contribution < 1.29 is 47.8 Å². The highest BCUT2D eigenvalue weighted by molar-refractivity contribution is 7.47. The summed E-state index contributed by atoms with van der Waals surface area (Å²) in [4.78, 5) is 34.9. The van der Waals surface area contributed by atoms with Crippen LogP contribution < -0.4 is 0 Å². The molecule has 3 N–H and O–H groups in total. The number of aliphatic hydroxyl groups excluding tert-OH is 2. The highest BCUT2D eigenvalue weighted by atomic mass is 31.2. The van der Waals surface area contributed by atoms with Crippen molar-refractivity contribution in [3.63, 3.8) is 0 Å². The first-order chi connectivity index (χ1) is 27.7. The Hall–Kier alpha value is -2.85. The number of hydrogen-bond acceptors (Lipinski definition) is 9. The van der Waals surface area contributed by atoms with Crippen molar-refractivity contribution in [2.24, 2.45) is 0 Å². The van der Waals surface area contributed by atoms with Crippen LogP contribution in [0.3, 0.4) is 0 Å². The Balaban J connectivity index is 4.46. The van der Waals surface area contributed by atoms with Gasteiger partial charge in [-0.15, -0.1) is 0 Å². The molecule has 0 heterocycles. The molecule has 0 aromatic rings. The molecule has 0 amide bonds. The number of rotatable bonds is 39. The standard InChI is InChI=1S/C46H77O10P/c1-3-5-7-9-11-13-15-17-19-20-21-22-24-26-28-30-32-34-36-38-46(50)56-44(42-55-57(51,52)54-40-43(48)39-47)41-53-45(49)37-35-33-31-29-27-25-23-18-16-14-12-10-8-6-4-2/h5,7,11,13-14,16-17,19,21-22,26,28,32,34,43-44,47-48H,3-4,6,8-10,12,15,18,20,23-25,27,29-31,33,35-42H2,1-2H3,(H,51,52). The van der Waals surface area contributed by atoms with Crippen molar-refractivity contribution in [3.05, 3.63) is 85.1 Å². The Morgan fingerprint density at radius 2 is 1.00 bits per heavy atom. The molecule has 0 saturated heterocycles. The monoisotopic (exact) mass is 821 g/mol. The van der Waals surface area contributed by atoms with Gasteiger partial charge in [0, 0.05) is 12.8 Å². The Morgan fingerprint density at radius 1 is 0.544 bits per heavy atom. The summed E-state index contributed by atoms with van der Waals surface area (Å²) in [5.41, 5.74) is 0. The number of carbonyl (C=O) groups is 2. The van der Waals surface area contributed by atoms with Gasteiger partial charge in [-0.3, -0.25) is 18.6 Å². The van der Waals surface area contributed by atoms with Crippen LogP contribution in [0.1, 0.15) is 155 Å². The third-order valence-electron chi connectivity index (χ3n) is 8.55. The van der Waals surface area contributed by atoms with Gasteiger partial charge in [0.15, 0.2) is 6.10 Å². The fraction of sp³-hybridized carbons (Fsp3) is 0.652. The van der Waals surface area contributed by atoms with Crippen molar-refractivity contribution >= 4 is 19.8 Å². The summed E-state index contributed by atoms with van der Waals surface area (Å²) in [5, 5.41) is 18.3. The van der Waals surface area contributed by atoms with E-state index in [1.807, 2.05) is 12.2 Å². The smallest absolute Gasteiger partial charge is 0.462 e. The Morgan fingerprint density at radius 3 is 1.53 bits per heavy atom. The minimum atomic E-state index is -4.64. The first-order valence-corrected chi connectivity index (χ1v) is 23.0. The van der Waals surface area contributed by atoms with Crippen LogP contribution in [0.15, 0.2) is 85.1 Å². The lowest BCUT2D eigenvalue weighted by molar-refractivity contribution is -0.161. The Kier molecular flexibility index (Phi) is 39.2. The molecule has 326 valence electrons. The van der Waals surface area contributed by atoms with E-state index in [0.29, 0.717) is 12.8 Å². The summed E-state index contributed by atoms with van der Waals surface area (Å²) >= 11 is 0. The SMILES string of the molecule is CCC=CCC=CCC=CCC=CCC=CCC=CCCC(=O)OC(COC(=O)CCCCCCCCCC=CCCCCCC)COP(=O)(O)OCC(O)CO. The highest BCUT2D eigenvalue weighted by Gasteiger charge is 2.27. The fourth-order valence-electron chi connectivity index (χ4n) is 5.25. The van der Waals surface area contributed by atoms with Crippen LogP contribution in [-0.4, -0.2) is 65.7 Å². The zero-order valence-corrected chi connectivity index (χ0v) is 36.2. The summed E-state index contributed by atoms with van der Waals surface area (Å²) in [5.74, 6) is -1.04. The van der Waals surface area contributed by atoms with E-state index >= 15 is 0 Å². The van der Waals surface area contributed by atoms with E-state index in [-0.39, 0.29) is 19.4 Å². The molecule has 0 aliphatic heterocycles. The highest BCUT2D eigenvalue weighted by Crippen LogP contribution is 2.43. The maximum Gasteiger partial charge on any atom is 0.472 e. The molecule has 0 aliphatic carbocycles. The lowest BCUT2D eigenvalue weighted by Crippen LogP contribution is -2.29. The summed E-state index contributed by atoms with van der Waals surface area (Å²) in [6.45, 7) is 2.14. The summed E-state index contributed by atoms with van der Waals surface area (Å²) in [7, 11) is -4.64. The van der Waals surface area contributed by atoms with Gasteiger partial charge in [-0.1, -0.05) is 150 Å². The maximum atomic E-state index is 12.6. The first kappa shape index (κ1) is 54.2. The van der Waals surface area contributed by atoms with Crippen LogP contribution in [0, 0.1) is 0 Å². The molecule has 0 aromatic carbocycles. The van der Waals surface area contributed by atoms with E-state index in [9.17, 15) is 24.2 Å². The Labute approximate surface area is 345 Å². The van der Waals surface area contributed by atoms with Crippen molar-refractivity contribution in [3.8, 4) is 0 Å². The number of allylic oxidation sites excluding steroid dienone is 14. The molecule has 0 fully saturated rings. The minimum Gasteiger partial charge on any atom is -0.462 e. The second-order valence-electron chi connectivity index (χ2n) is 14.0. The van der Waals surface area contributed by atoms with Gasteiger partial charge in [0.25, 0.3) is 0 Å². The predicted molar refractivity (Wildman–Crippen MR) is 233 cm³/mol. The topological polar surface area (TPSA) is 149 Å². The van der Waals surface area contributed by atoms with E-state index in [1.165, 1.54) is 51.4 Å². The van der Waals surface area contributed by atoms with E-state index in [2.05, 4.69) is 91.3 Å². The lowest BCUT2D eigenvalue weighted by atomic mass is 10.1. The molecule has 3 atom stereocenters. The Bertz CT molecular complexity index is 1220. The molecule has 0 rings (SSSR count). The largest absolute Gasteiger partial charge is 0.472 e. The molecule has 10 nitrogen and oxygen atoms in total. The molecule has 57 heavy (non-hydrogen) atoms. The van der Waals surface area contributed by atoms with Gasteiger partial charge in [-0.25, -0.2) is 4.57 Å². The van der Waals surface area contributed by atoms with Crippen LogP contribution >= 0.6 is 7.82 Å². The van der Waals surface area contributed by atoms with Crippen LogP contribution in [0.2, 0.25) is 0 Å². The number of carbonyl (C=O) groups excluding carboxylic acids is 2. The second kappa shape index (κ2) is 41.3. The van der Waals surface area contributed by atoms with Gasteiger partial charge in [-0.05, 0) is 77.0 Å². The summed E-state index contributed by atoms with van der Waals surface area (Å²) < 4.78 is 32.6. The fourth-order valence-corrected chi connectivity index (χ4v) is 6.04. The summed E-state index contributed by atoms with van der Waals surface area (Å²) in [6, 6.07) is 0. The average molecular weight is 821 g/mol. The van der Waals surface area contributed by atoms with Gasteiger partial charge in [0.2, 0.25) is 0 Å². The van der Waals surface area contributed by atoms with Crippen LogP contribution in [0.5, 0.6) is 0 Å². The van der Waals surface area contributed by atoms with Gasteiger partial charge in [0.05, 0.1) is 19.8 Å². The average Bonchev–Trinajstić information content (AvgIpc) is 3.20. The zero-order chi connectivity index (χ0) is 41.9. The molecule has 0 saturated carbocycles. The number of ether oxygens (including phenoxy) is 2. The predicted octanol–water partition coefficient (Wildman–Crippen LogP) is 11.4. The number of phosphoric acid groups is 1. The third kappa shape index (κ3) is 41.1. The quantitative estimate of drug-likeness (QED) is 0.0237. The molecule has 0 bridgehead atoms. The number of hydrogen-bond donors (Lipinski definition) is 3. The maximum absolute atomic E-state index is 12.6. The lowest BCUT2D eigenvalue weighted by Gasteiger charge is -2.20. The minimum absolute atomic E-state index is 0.0540. The normalized spacial score (nSPS) is 14.7. The van der Waals surface area contributed by atoms with Crippen molar-refractivity contribution in [2.45, 2.75) is 167 Å². The van der Waals surface area contributed by atoms with E-state index < -0.39 is 51.8 Å². The zero-order valence-electron chi connectivity index (χ0n) is 35.3. The number of esters is 2. The summed E-state index contributed by atoms with van der Waals surface area (Å²) in [6.07, 6.45) is 48.5. The number of aliphatic hydroxyl groups is 2. The molecule has 0 aromatic heterocycles. The molecular formula is C46H77O10P. The third-order valence-corrected chi connectivity index (χ3v) is 9.50.